The molecule has 1 aromatic heterocycles. The van der Waals surface area contributed by atoms with Gasteiger partial charge in [-0.25, -0.2) is 4.98 Å². The summed E-state index contributed by atoms with van der Waals surface area (Å²) in [5, 5.41) is 10.2. The Balaban J connectivity index is 1.89. The van der Waals surface area contributed by atoms with Crippen LogP contribution in [0.3, 0.4) is 0 Å². The third kappa shape index (κ3) is 2.75. The summed E-state index contributed by atoms with van der Waals surface area (Å²) in [5.41, 5.74) is 2.51. The highest BCUT2D eigenvalue weighted by Gasteiger charge is 2.10. The molecule has 1 atom stereocenters. The van der Waals surface area contributed by atoms with Gasteiger partial charge < -0.3 is 9.52 Å². The van der Waals surface area contributed by atoms with Gasteiger partial charge in [0.15, 0.2) is 5.58 Å². The zero-order valence-electron chi connectivity index (χ0n) is 10.7. The van der Waals surface area contributed by atoms with Crippen LogP contribution in [0.5, 0.6) is 0 Å². The number of hydrogen-bond acceptors (Lipinski definition) is 4. The average molecular weight is 350 g/mol. The summed E-state index contributed by atoms with van der Waals surface area (Å²) >= 11 is 4.93. The van der Waals surface area contributed by atoms with E-state index in [0.717, 1.165) is 26.0 Å². The van der Waals surface area contributed by atoms with E-state index in [4.69, 9.17) is 4.42 Å². The molecule has 1 N–H and O–H groups in total. The number of benzene rings is 2. The first kappa shape index (κ1) is 13.7. The predicted molar refractivity (Wildman–Crippen MR) is 82.9 cm³/mol. The number of aromatic nitrogens is 1. The van der Waals surface area contributed by atoms with E-state index >= 15 is 0 Å². The summed E-state index contributed by atoms with van der Waals surface area (Å²) in [4.78, 5) is 5.43. The molecule has 0 amide bonds. The summed E-state index contributed by atoms with van der Waals surface area (Å²) in [6, 6.07) is 13.5. The van der Waals surface area contributed by atoms with E-state index < -0.39 is 6.10 Å². The minimum Gasteiger partial charge on any atom is -0.431 e. The van der Waals surface area contributed by atoms with E-state index in [9.17, 15) is 5.11 Å². The molecule has 0 fully saturated rings. The fraction of sp³-hybridized carbons (Fsp3) is 0.133. The Hall–Kier alpha value is -1.30. The molecular formula is C15H12BrNO2S. The number of hydrogen-bond donors (Lipinski definition) is 1. The minimum atomic E-state index is -0.493. The van der Waals surface area contributed by atoms with Crippen molar-refractivity contribution in [1.82, 2.24) is 4.98 Å². The van der Waals surface area contributed by atoms with Crippen LogP contribution in [0.2, 0.25) is 0 Å². The lowest BCUT2D eigenvalue weighted by Gasteiger charge is -2.08. The monoisotopic (exact) mass is 349 g/mol. The second-order valence-electron chi connectivity index (χ2n) is 4.41. The fourth-order valence-corrected chi connectivity index (χ4v) is 3.56. The fourth-order valence-electron chi connectivity index (χ4n) is 1.91. The lowest BCUT2D eigenvalue weighted by atomic mass is 10.1. The van der Waals surface area contributed by atoms with Crippen molar-refractivity contribution in [3.05, 3.63) is 52.5 Å². The SMILES string of the molecule is C[C@H](O)c1ccc(Sc2nc3ccccc3o2)cc1Br. The molecule has 0 radical (unpaired) electrons. The van der Waals surface area contributed by atoms with Gasteiger partial charge >= 0.3 is 0 Å². The van der Waals surface area contributed by atoms with Gasteiger partial charge in [0, 0.05) is 9.37 Å². The number of aliphatic hydroxyl groups excluding tert-OH is 1. The van der Waals surface area contributed by atoms with E-state index in [0.29, 0.717) is 5.22 Å². The van der Waals surface area contributed by atoms with Gasteiger partial charge in [-0.3, -0.25) is 0 Å². The van der Waals surface area contributed by atoms with Crippen LogP contribution in [-0.2, 0) is 0 Å². The zero-order chi connectivity index (χ0) is 14.1. The molecule has 3 nitrogen and oxygen atoms in total. The third-order valence-corrected chi connectivity index (χ3v) is 4.43. The maximum Gasteiger partial charge on any atom is 0.261 e. The Labute approximate surface area is 129 Å². The molecule has 5 heteroatoms. The molecule has 0 bridgehead atoms. The summed E-state index contributed by atoms with van der Waals surface area (Å²) in [6.45, 7) is 1.74. The van der Waals surface area contributed by atoms with Crippen molar-refractivity contribution in [3.8, 4) is 0 Å². The molecule has 2 aromatic carbocycles. The van der Waals surface area contributed by atoms with Crippen LogP contribution in [0.25, 0.3) is 11.1 Å². The number of para-hydroxylation sites is 2. The predicted octanol–water partition coefficient (Wildman–Crippen LogP) is 4.79. The van der Waals surface area contributed by atoms with E-state index in [1.807, 2.05) is 42.5 Å². The number of rotatable bonds is 3. The van der Waals surface area contributed by atoms with Crippen LogP contribution in [0, 0.1) is 0 Å². The molecule has 0 aliphatic heterocycles. The molecule has 3 aromatic rings. The lowest BCUT2D eigenvalue weighted by Crippen LogP contribution is -1.92. The maximum absolute atomic E-state index is 9.61. The van der Waals surface area contributed by atoms with Gasteiger partial charge in [0.2, 0.25) is 0 Å². The molecule has 0 saturated heterocycles. The Morgan fingerprint density at radius 1 is 1.25 bits per heavy atom. The van der Waals surface area contributed by atoms with Crippen LogP contribution in [-0.4, -0.2) is 10.1 Å². The highest BCUT2D eigenvalue weighted by molar-refractivity contribution is 9.10. The Morgan fingerprint density at radius 3 is 2.75 bits per heavy atom. The molecule has 0 unspecified atom stereocenters. The van der Waals surface area contributed by atoms with E-state index in [1.165, 1.54) is 11.8 Å². The molecule has 102 valence electrons. The second kappa shape index (κ2) is 5.60. The highest BCUT2D eigenvalue weighted by atomic mass is 79.9. The van der Waals surface area contributed by atoms with Gasteiger partial charge in [0.05, 0.1) is 6.10 Å². The summed E-state index contributed by atoms with van der Waals surface area (Å²) in [6.07, 6.45) is -0.493. The maximum atomic E-state index is 9.61. The van der Waals surface area contributed by atoms with Crippen molar-refractivity contribution in [3.63, 3.8) is 0 Å². The van der Waals surface area contributed by atoms with Crippen molar-refractivity contribution in [2.45, 2.75) is 23.1 Å². The molecule has 0 saturated carbocycles. The van der Waals surface area contributed by atoms with E-state index in [2.05, 4.69) is 20.9 Å². The first-order valence-electron chi connectivity index (χ1n) is 6.14. The lowest BCUT2D eigenvalue weighted by molar-refractivity contribution is 0.198. The first-order chi connectivity index (χ1) is 9.63. The van der Waals surface area contributed by atoms with Gasteiger partial charge in [0.1, 0.15) is 5.52 Å². The zero-order valence-corrected chi connectivity index (χ0v) is 13.1. The van der Waals surface area contributed by atoms with Crippen LogP contribution < -0.4 is 0 Å². The van der Waals surface area contributed by atoms with Gasteiger partial charge in [-0.15, -0.1) is 0 Å². The van der Waals surface area contributed by atoms with Gasteiger partial charge in [0.25, 0.3) is 5.22 Å². The summed E-state index contributed by atoms with van der Waals surface area (Å²) in [5.74, 6) is 0. The number of nitrogens with zero attached hydrogens (tertiary/aromatic N) is 1. The van der Waals surface area contributed by atoms with Crippen LogP contribution in [0.15, 0.2) is 61.5 Å². The van der Waals surface area contributed by atoms with Gasteiger partial charge in [-0.05, 0) is 48.5 Å². The quantitative estimate of drug-likeness (QED) is 0.737. The average Bonchev–Trinajstić information content (AvgIpc) is 2.80. The highest BCUT2D eigenvalue weighted by Crippen LogP contribution is 2.33. The number of oxazole rings is 1. The van der Waals surface area contributed by atoms with Crippen molar-refractivity contribution in [2.75, 3.05) is 0 Å². The molecular weight excluding hydrogens is 338 g/mol. The minimum absolute atomic E-state index is 0.493. The summed E-state index contributed by atoms with van der Waals surface area (Å²) < 4.78 is 6.56. The second-order valence-corrected chi connectivity index (χ2v) is 6.29. The van der Waals surface area contributed by atoms with Crippen LogP contribution in [0.1, 0.15) is 18.6 Å². The van der Waals surface area contributed by atoms with Crippen molar-refractivity contribution >= 4 is 38.8 Å². The van der Waals surface area contributed by atoms with E-state index in [-0.39, 0.29) is 0 Å². The molecule has 3 rings (SSSR count). The standard InChI is InChI=1S/C15H12BrNO2S/c1-9(18)11-7-6-10(8-12(11)16)20-15-17-13-4-2-3-5-14(13)19-15/h2-9,18H,1H3/t9-/m0/s1. The van der Waals surface area contributed by atoms with E-state index in [1.54, 1.807) is 6.92 Å². The van der Waals surface area contributed by atoms with Gasteiger partial charge in [-0.2, -0.15) is 0 Å². The number of fused-ring (bicyclic) bond motifs is 1. The van der Waals surface area contributed by atoms with Crippen molar-refractivity contribution in [1.29, 1.82) is 0 Å². The smallest absolute Gasteiger partial charge is 0.261 e. The van der Waals surface area contributed by atoms with Crippen molar-refractivity contribution < 1.29 is 9.52 Å². The Kier molecular flexibility index (Phi) is 3.83. The van der Waals surface area contributed by atoms with Crippen LogP contribution in [0.4, 0.5) is 0 Å². The molecule has 1 heterocycles. The summed E-state index contributed by atoms with van der Waals surface area (Å²) in [7, 11) is 0. The third-order valence-electron chi connectivity index (χ3n) is 2.90. The Bertz CT molecular complexity index is 721. The normalized spacial score (nSPS) is 12.8. The molecule has 0 spiro atoms. The number of aliphatic hydroxyl groups is 1. The van der Waals surface area contributed by atoms with Gasteiger partial charge in [-0.1, -0.05) is 34.1 Å². The largest absolute Gasteiger partial charge is 0.431 e. The van der Waals surface area contributed by atoms with Crippen molar-refractivity contribution in [2.24, 2.45) is 0 Å². The molecule has 0 aliphatic rings. The molecule has 20 heavy (non-hydrogen) atoms. The number of halogens is 1. The topological polar surface area (TPSA) is 46.3 Å². The molecule has 0 aliphatic carbocycles. The van der Waals surface area contributed by atoms with Crippen LogP contribution >= 0.6 is 27.7 Å². The first-order valence-corrected chi connectivity index (χ1v) is 7.75. The Morgan fingerprint density at radius 2 is 2.05 bits per heavy atom.